The van der Waals surface area contributed by atoms with Gasteiger partial charge in [-0.05, 0) is 57.2 Å². The van der Waals surface area contributed by atoms with Gasteiger partial charge in [-0.1, -0.05) is 12.1 Å². The summed E-state index contributed by atoms with van der Waals surface area (Å²) in [6, 6.07) is 6.41. The van der Waals surface area contributed by atoms with Gasteiger partial charge in [0.15, 0.2) is 0 Å². The third-order valence-electron chi connectivity index (χ3n) is 4.45. The molecule has 1 aromatic rings. The minimum Gasteiger partial charge on any atom is -0.443 e. The zero-order valence-electron chi connectivity index (χ0n) is 13.1. The van der Waals surface area contributed by atoms with E-state index in [1.165, 1.54) is 24.0 Å². The van der Waals surface area contributed by atoms with Gasteiger partial charge < -0.3 is 10.5 Å². The fraction of sp³-hybridized carbons (Fsp3) is 0.588. The Labute approximate surface area is 126 Å². The molecule has 1 heterocycles. The molecule has 0 bridgehead atoms. The second kappa shape index (κ2) is 4.73. The number of fused-ring (bicyclic) bond motifs is 1. The molecule has 1 saturated carbocycles. The number of anilines is 1. The Balaban J connectivity index is 1.82. The van der Waals surface area contributed by atoms with Crippen LogP contribution in [0.5, 0.6) is 0 Å². The zero-order valence-corrected chi connectivity index (χ0v) is 13.1. The standard InChI is InChI=1S/C17H24N2O2/c1-16(2,3)21-15(20)19-9-6-12-10-13(4-5-14(12)19)17(11-18)7-8-17/h4-5,10H,6-9,11,18H2,1-3H3. The highest BCUT2D eigenvalue weighted by atomic mass is 16.6. The van der Waals surface area contributed by atoms with E-state index in [2.05, 4.69) is 18.2 Å². The summed E-state index contributed by atoms with van der Waals surface area (Å²) < 4.78 is 5.48. The van der Waals surface area contributed by atoms with Crippen LogP contribution in [0, 0.1) is 0 Å². The van der Waals surface area contributed by atoms with Gasteiger partial charge in [-0.2, -0.15) is 0 Å². The Morgan fingerprint density at radius 1 is 1.38 bits per heavy atom. The van der Waals surface area contributed by atoms with Gasteiger partial charge in [0.25, 0.3) is 0 Å². The molecule has 1 aliphatic heterocycles. The average Bonchev–Trinajstić information content (AvgIpc) is 3.09. The molecule has 0 atom stereocenters. The van der Waals surface area contributed by atoms with Crippen LogP contribution in [0.15, 0.2) is 18.2 Å². The average molecular weight is 288 g/mol. The monoisotopic (exact) mass is 288 g/mol. The lowest BCUT2D eigenvalue weighted by Gasteiger charge is -2.25. The summed E-state index contributed by atoms with van der Waals surface area (Å²) in [5.41, 5.74) is 9.20. The highest BCUT2D eigenvalue weighted by molar-refractivity contribution is 5.90. The second-order valence-corrected chi connectivity index (χ2v) is 7.21. The molecule has 2 aliphatic rings. The van der Waals surface area contributed by atoms with Crippen molar-refractivity contribution in [1.29, 1.82) is 0 Å². The van der Waals surface area contributed by atoms with Crippen molar-refractivity contribution in [3.8, 4) is 0 Å². The summed E-state index contributed by atoms with van der Waals surface area (Å²) >= 11 is 0. The van der Waals surface area contributed by atoms with E-state index < -0.39 is 5.60 Å². The molecule has 0 saturated heterocycles. The second-order valence-electron chi connectivity index (χ2n) is 7.21. The Bertz CT molecular complexity index is 571. The lowest BCUT2D eigenvalue weighted by atomic mass is 9.94. The highest BCUT2D eigenvalue weighted by Gasteiger charge is 2.43. The molecule has 114 valence electrons. The lowest BCUT2D eigenvalue weighted by Crippen LogP contribution is -2.35. The van der Waals surface area contributed by atoms with Gasteiger partial charge >= 0.3 is 6.09 Å². The SMILES string of the molecule is CC(C)(C)OC(=O)N1CCc2cc(C3(CN)CC3)ccc21. The number of hydrogen-bond donors (Lipinski definition) is 1. The maximum Gasteiger partial charge on any atom is 0.414 e. The Morgan fingerprint density at radius 3 is 2.67 bits per heavy atom. The quantitative estimate of drug-likeness (QED) is 0.910. The van der Waals surface area contributed by atoms with Crippen molar-refractivity contribution < 1.29 is 9.53 Å². The molecule has 1 amide bonds. The van der Waals surface area contributed by atoms with Gasteiger partial charge in [-0.25, -0.2) is 4.79 Å². The van der Waals surface area contributed by atoms with Crippen LogP contribution >= 0.6 is 0 Å². The molecule has 0 aromatic heterocycles. The van der Waals surface area contributed by atoms with E-state index >= 15 is 0 Å². The first kappa shape index (κ1) is 14.4. The minimum atomic E-state index is -0.461. The summed E-state index contributed by atoms with van der Waals surface area (Å²) in [4.78, 5) is 14.0. The van der Waals surface area contributed by atoms with E-state index in [-0.39, 0.29) is 11.5 Å². The molecule has 0 unspecified atom stereocenters. The van der Waals surface area contributed by atoms with Crippen molar-refractivity contribution in [2.75, 3.05) is 18.0 Å². The summed E-state index contributed by atoms with van der Waals surface area (Å²) in [6.45, 7) is 7.08. The van der Waals surface area contributed by atoms with E-state index in [4.69, 9.17) is 10.5 Å². The predicted octanol–water partition coefficient (Wildman–Crippen LogP) is 2.97. The van der Waals surface area contributed by atoms with Gasteiger partial charge in [0.2, 0.25) is 0 Å². The van der Waals surface area contributed by atoms with Crippen LogP contribution in [0.1, 0.15) is 44.7 Å². The van der Waals surface area contributed by atoms with Crippen molar-refractivity contribution >= 4 is 11.8 Å². The van der Waals surface area contributed by atoms with E-state index in [1.54, 1.807) is 4.90 Å². The third-order valence-corrected chi connectivity index (χ3v) is 4.45. The maximum absolute atomic E-state index is 12.3. The smallest absolute Gasteiger partial charge is 0.414 e. The fourth-order valence-electron chi connectivity index (χ4n) is 3.00. The molecular weight excluding hydrogens is 264 g/mol. The Morgan fingerprint density at radius 2 is 2.10 bits per heavy atom. The molecule has 2 N–H and O–H groups in total. The van der Waals surface area contributed by atoms with Crippen LogP contribution in [-0.4, -0.2) is 24.8 Å². The summed E-state index contributed by atoms with van der Waals surface area (Å²) in [7, 11) is 0. The van der Waals surface area contributed by atoms with Gasteiger partial charge in [0, 0.05) is 18.5 Å². The number of hydrogen-bond acceptors (Lipinski definition) is 3. The van der Waals surface area contributed by atoms with Crippen molar-refractivity contribution in [3.05, 3.63) is 29.3 Å². The normalized spacial score (nSPS) is 19.3. The number of rotatable bonds is 2. The first-order valence-electron chi connectivity index (χ1n) is 7.69. The van der Waals surface area contributed by atoms with Crippen molar-refractivity contribution in [2.24, 2.45) is 5.73 Å². The molecule has 1 aliphatic carbocycles. The highest BCUT2D eigenvalue weighted by Crippen LogP contribution is 2.48. The fourth-order valence-corrected chi connectivity index (χ4v) is 3.00. The van der Waals surface area contributed by atoms with Crippen LogP contribution in [-0.2, 0) is 16.6 Å². The summed E-state index contributed by atoms with van der Waals surface area (Å²) in [5, 5.41) is 0. The molecular formula is C17H24N2O2. The number of carbonyl (C=O) groups excluding carboxylic acids is 1. The molecule has 4 heteroatoms. The summed E-state index contributed by atoms with van der Waals surface area (Å²) in [5.74, 6) is 0. The maximum atomic E-state index is 12.3. The third kappa shape index (κ3) is 2.64. The molecule has 4 nitrogen and oxygen atoms in total. The molecule has 1 aromatic carbocycles. The Hall–Kier alpha value is -1.55. The van der Waals surface area contributed by atoms with Gasteiger partial charge in [0.1, 0.15) is 5.60 Å². The van der Waals surface area contributed by atoms with E-state index in [0.29, 0.717) is 13.1 Å². The number of nitrogens with two attached hydrogens (primary N) is 1. The van der Waals surface area contributed by atoms with Gasteiger partial charge in [0.05, 0.1) is 5.69 Å². The predicted molar refractivity (Wildman–Crippen MR) is 83.7 cm³/mol. The molecule has 21 heavy (non-hydrogen) atoms. The van der Waals surface area contributed by atoms with Crippen molar-refractivity contribution in [1.82, 2.24) is 0 Å². The van der Waals surface area contributed by atoms with Crippen molar-refractivity contribution in [2.45, 2.75) is 51.0 Å². The number of nitrogens with zero attached hydrogens (tertiary/aromatic N) is 1. The van der Waals surface area contributed by atoms with E-state index in [1.807, 2.05) is 20.8 Å². The van der Waals surface area contributed by atoms with Crippen LogP contribution in [0.2, 0.25) is 0 Å². The first-order valence-corrected chi connectivity index (χ1v) is 7.69. The largest absolute Gasteiger partial charge is 0.443 e. The van der Waals surface area contributed by atoms with Crippen LogP contribution in [0.3, 0.4) is 0 Å². The molecule has 0 spiro atoms. The number of ether oxygens (including phenoxy) is 1. The van der Waals surface area contributed by atoms with Crippen LogP contribution in [0.4, 0.5) is 10.5 Å². The molecule has 3 rings (SSSR count). The molecule has 1 fully saturated rings. The Kier molecular flexibility index (Phi) is 3.24. The molecule has 0 radical (unpaired) electrons. The first-order chi connectivity index (χ1) is 9.85. The summed E-state index contributed by atoms with van der Waals surface area (Å²) in [6.07, 6.45) is 2.99. The minimum absolute atomic E-state index is 0.203. The topological polar surface area (TPSA) is 55.6 Å². The van der Waals surface area contributed by atoms with Crippen LogP contribution in [0.25, 0.3) is 0 Å². The van der Waals surface area contributed by atoms with E-state index in [9.17, 15) is 4.79 Å². The van der Waals surface area contributed by atoms with Gasteiger partial charge in [-0.15, -0.1) is 0 Å². The zero-order chi connectivity index (χ0) is 15.3. The number of carbonyl (C=O) groups is 1. The number of amides is 1. The van der Waals surface area contributed by atoms with Crippen molar-refractivity contribution in [3.63, 3.8) is 0 Å². The number of benzene rings is 1. The van der Waals surface area contributed by atoms with Gasteiger partial charge in [-0.3, -0.25) is 4.90 Å². The lowest BCUT2D eigenvalue weighted by molar-refractivity contribution is 0.0584. The van der Waals surface area contributed by atoms with Crippen LogP contribution < -0.4 is 10.6 Å². The van der Waals surface area contributed by atoms with E-state index in [0.717, 1.165) is 12.1 Å².